The van der Waals surface area contributed by atoms with E-state index >= 15 is 0 Å². The van der Waals surface area contributed by atoms with Crippen molar-refractivity contribution in [2.45, 2.75) is 82.8 Å². The minimum absolute atomic E-state index is 0.340. The van der Waals surface area contributed by atoms with Crippen LogP contribution in [0.25, 0.3) is 11.0 Å². The molecule has 3 fully saturated rings. The molecule has 0 aliphatic carbocycles. The molecular weight excluding hydrogens is 360 g/mol. The molecular formula is C24H34N4O. The third-order valence-electron chi connectivity index (χ3n) is 7.31. The van der Waals surface area contributed by atoms with E-state index in [1.165, 1.54) is 37.0 Å². The molecule has 5 heteroatoms. The van der Waals surface area contributed by atoms with E-state index in [4.69, 9.17) is 4.98 Å². The van der Waals surface area contributed by atoms with Gasteiger partial charge in [0.2, 0.25) is 5.91 Å². The number of hydrogen-bond acceptors (Lipinski definition) is 3. The summed E-state index contributed by atoms with van der Waals surface area (Å²) in [6.45, 7) is 6.20. The Hall–Kier alpha value is -1.88. The third-order valence-corrected chi connectivity index (χ3v) is 7.31. The third kappa shape index (κ3) is 3.70. The smallest absolute Gasteiger partial charge is 0.222 e. The van der Waals surface area contributed by atoms with E-state index in [1.54, 1.807) is 0 Å². The van der Waals surface area contributed by atoms with E-state index in [0.29, 0.717) is 35.9 Å². The van der Waals surface area contributed by atoms with Crippen LogP contribution in [0.1, 0.15) is 76.6 Å². The molecule has 1 N–H and O–H groups in total. The summed E-state index contributed by atoms with van der Waals surface area (Å²) in [6, 6.07) is 10.1. The Bertz CT molecular complexity index is 876. The van der Waals surface area contributed by atoms with Gasteiger partial charge in [-0.15, -0.1) is 0 Å². The fourth-order valence-corrected chi connectivity index (χ4v) is 6.03. The first kappa shape index (κ1) is 19.1. The maximum Gasteiger partial charge on any atom is 0.222 e. The number of para-hydroxylation sites is 2. The van der Waals surface area contributed by atoms with E-state index < -0.39 is 0 Å². The molecule has 5 nitrogen and oxygen atoms in total. The molecule has 0 radical (unpaired) electrons. The molecule has 5 rings (SSSR count). The van der Waals surface area contributed by atoms with Gasteiger partial charge in [-0.25, -0.2) is 4.98 Å². The summed E-state index contributed by atoms with van der Waals surface area (Å²) in [7, 11) is 0. The monoisotopic (exact) mass is 394 g/mol. The Morgan fingerprint density at radius 2 is 1.93 bits per heavy atom. The predicted octanol–water partition coefficient (Wildman–Crippen LogP) is 4.24. The van der Waals surface area contributed by atoms with Crippen molar-refractivity contribution in [3.63, 3.8) is 0 Å². The first-order valence-corrected chi connectivity index (χ1v) is 11.6. The van der Waals surface area contributed by atoms with Gasteiger partial charge in [-0.2, -0.15) is 0 Å². The molecule has 0 spiro atoms. The molecule has 3 saturated heterocycles. The molecule has 29 heavy (non-hydrogen) atoms. The molecule has 1 amide bonds. The topological polar surface area (TPSA) is 50.2 Å². The molecule has 3 unspecified atom stereocenters. The van der Waals surface area contributed by atoms with Crippen LogP contribution in [0, 0.1) is 5.92 Å². The van der Waals surface area contributed by atoms with Crippen molar-refractivity contribution in [1.82, 2.24) is 19.8 Å². The Balaban J connectivity index is 1.31. The van der Waals surface area contributed by atoms with Crippen LogP contribution in [0.5, 0.6) is 0 Å². The first-order valence-electron chi connectivity index (χ1n) is 11.6. The van der Waals surface area contributed by atoms with Gasteiger partial charge in [-0.1, -0.05) is 12.1 Å². The van der Waals surface area contributed by atoms with Crippen LogP contribution >= 0.6 is 0 Å². The maximum absolute atomic E-state index is 13.1. The summed E-state index contributed by atoms with van der Waals surface area (Å²) in [5.41, 5.74) is 2.29. The number of rotatable bonds is 4. The van der Waals surface area contributed by atoms with Gasteiger partial charge >= 0.3 is 0 Å². The molecule has 0 saturated carbocycles. The average molecular weight is 395 g/mol. The van der Waals surface area contributed by atoms with Gasteiger partial charge in [0.1, 0.15) is 5.82 Å². The molecule has 156 valence electrons. The van der Waals surface area contributed by atoms with Crippen molar-refractivity contribution in [2.24, 2.45) is 5.92 Å². The van der Waals surface area contributed by atoms with Gasteiger partial charge in [0.05, 0.1) is 11.0 Å². The number of aromatic nitrogens is 2. The lowest BCUT2D eigenvalue weighted by atomic mass is 9.88. The summed E-state index contributed by atoms with van der Waals surface area (Å²) in [5, 5.41) is 3.70. The van der Waals surface area contributed by atoms with Gasteiger partial charge in [-0.3, -0.25) is 4.79 Å². The predicted molar refractivity (Wildman–Crippen MR) is 116 cm³/mol. The summed E-state index contributed by atoms with van der Waals surface area (Å²) in [5.74, 6) is 2.44. The molecule has 3 atom stereocenters. The van der Waals surface area contributed by atoms with Gasteiger partial charge in [0.15, 0.2) is 0 Å². The summed E-state index contributed by atoms with van der Waals surface area (Å²) >= 11 is 0. The second-order valence-corrected chi connectivity index (χ2v) is 9.78. The summed E-state index contributed by atoms with van der Waals surface area (Å²) in [4.78, 5) is 20.3. The van der Waals surface area contributed by atoms with Crippen molar-refractivity contribution >= 4 is 16.9 Å². The van der Waals surface area contributed by atoms with E-state index in [-0.39, 0.29) is 0 Å². The van der Waals surface area contributed by atoms with Gasteiger partial charge in [0, 0.05) is 43.6 Å². The van der Waals surface area contributed by atoms with Crippen molar-refractivity contribution < 1.29 is 4.79 Å². The lowest BCUT2D eigenvalue weighted by Crippen LogP contribution is -2.43. The second kappa shape index (κ2) is 7.75. The molecule has 4 heterocycles. The van der Waals surface area contributed by atoms with Crippen LogP contribution < -0.4 is 5.32 Å². The van der Waals surface area contributed by atoms with Crippen LogP contribution in [-0.2, 0) is 4.79 Å². The van der Waals surface area contributed by atoms with E-state index in [2.05, 4.69) is 52.9 Å². The Kier molecular flexibility index (Phi) is 5.10. The lowest BCUT2D eigenvalue weighted by Gasteiger charge is -2.35. The Morgan fingerprint density at radius 1 is 1.17 bits per heavy atom. The fraction of sp³-hybridized carbons (Fsp3) is 0.667. The quantitative estimate of drug-likeness (QED) is 0.844. The number of likely N-dealkylation sites (tertiary alicyclic amines) is 1. The number of piperidine rings is 2. The molecule has 3 aliphatic rings. The zero-order chi connectivity index (χ0) is 20.0. The normalized spacial score (nSPS) is 29.7. The Morgan fingerprint density at radius 3 is 2.69 bits per heavy atom. The van der Waals surface area contributed by atoms with E-state index in [0.717, 1.165) is 37.9 Å². The van der Waals surface area contributed by atoms with E-state index in [1.807, 2.05) is 0 Å². The highest BCUT2D eigenvalue weighted by Crippen LogP contribution is 2.35. The number of carbonyl (C=O) groups is 1. The number of benzene rings is 1. The van der Waals surface area contributed by atoms with Crippen LogP contribution in [0.2, 0.25) is 0 Å². The highest BCUT2D eigenvalue weighted by molar-refractivity contribution is 5.77. The number of amides is 1. The van der Waals surface area contributed by atoms with Gasteiger partial charge in [-0.05, 0) is 70.4 Å². The number of imidazole rings is 1. The number of carbonyl (C=O) groups excluding carboxylic acids is 1. The molecule has 1 aromatic carbocycles. The van der Waals surface area contributed by atoms with Crippen molar-refractivity contribution in [1.29, 1.82) is 0 Å². The van der Waals surface area contributed by atoms with E-state index in [9.17, 15) is 4.79 Å². The minimum Gasteiger partial charge on any atom is -0.342 e. The highest BCUT2D eigenvalue weighted by atomic mass is 16.2. The van der Waals surface area contributed by atoms with Crippen molar-refractivity contribution in [3.8, 4) is 0 Å². The summed E-state index contributed by atoms with van der Waals surface area (Å²) in [6.07, 6.45) is 7.90. The maximum atomic E-state index is 13.1. The first-order chi connectivity index (χ1) is 14.1. The molecule has 2 aromatic rings. The van der Waals surface area contributed by atoms with Gasteiger partial charge < -0.3 is 14.8 Å². The number of nitrogens with one attached hydrogen (secondary N) is 1. The zero-order valence-corrected chi connectivity index (χ0v) is 17.8. The molecule has 3 aliphatic heterocycles. The fourth-order valence-electron chi connectivity index (χ4n) is 6.03. The van der Waals surface area contributed by atoms with Gasteiger partial charge in [0.25, 0.3) is 0 Å². The molecule has 2 bridgehead atoms. The lowest BCUT2D eigenvalue weighted by molar-refractivity contribution is -0.133. The minimum atomic E-state index is 0.340. The van der Waals surface area contributed by atoms with Crippen LogP contribution in [0.4, 0.5) is 0 Å². The second-order valence-electron chi connectivity index (χ2n) is 9.78. The number of hydrogen-bond donors (Lipinski definition) is 1. The van der Waals surface area contributed by atoms with Crippen molar-refractivity contribution in [3.05, 3.63) is 30.1 Å². The molecule has 1 aromatic heterocycles. The number of nitrogens with zero attached hydrogens (tertiary/aromatic N) is 3. The van der Waals surface area contributed by atoms with Crippen molar-refractivity contribution in [2.75, 3.05) is 13.1 Å². The summed E-state index contributed by atoms with van der Waals surface area (Å²) < 4.78 is 2.39. The Labute approximate surface area is 173 Å². The van der Waals surface area contributed by atoms with Crippen LogP contribution in [0.3, 0.4) is 0 Å². The largest absolute Gasteiger partial charge is 0.342 e. The average Bonchev–Trinajstić information content (AvgIpc) is 3.28. The standard InChI is InChI=1S/C24H34N4O/c1-16(2)28-22-8-4-3-7-21(22)26-24(28)18-6-5-11-27(15-18)23(29)14-17-12-19-9-10-20(13-17)25-19/h3-4,7-8,16-20,25H,5-6,9-15H2,1-2H3. The van der Waals surface area contributed by atoms with Crippen LogP contribution in [0.15, 0.2) is 24.3 Å². The zero-order valence-electron chi connectivity index (χ0n) is 17.8. The highest BCUT2D eigenvalue weighted by Gasteiger charge is 2.36. The van der Waals surface area contributed by atoms with Crippen LogP contribution in [-0.4, -0.2) is 45.5 Å². The SMILES string of the molecule is CC(C)n1c(C2CCCN(C(=O)CC3CC4CCC(C3)N4)C2)nc2ccccc21. The number of fused-ring (bicyclic) bond motifs is 3.